The molecule has 5 rings (SSSR count). The number of nitrogens with zero attached hydrogens (tertiary/aromatic N) is 2. The fraction of sp³-hybridized carbons (Fsp3) is 0.348. The van der Waals surface area contributed by atoms with Gasteiger partial charge in [0.25, 0.3) is 0 Å². The Balaban J connectivity index is 1.56. The van der Waals surface area contributed by atoms with Crippen molar-refractivity contribution in [2.24, 2.45) is 4.99 Å². The second-order valence-corrected chi connectivity index (χ2v) is 8.84. The number of aliphatic hydroxyl groups is 3. The molecular weight excluding hydrogens is 471 g/mol. The predicted molar refractivity (Wildman–Crippen MR) is 123 cm³/mol. The van der Waals surface area contributed by atoms with Crippen molar-refractivity contribution in [3.63, 3.8) is 0 Å². The maximum atomic E-state index is 10.5. The van der Waals surface area contributed by atoms with Crippen molar-refractivity contribution in [3.05, 3.63) is 63.8 Å². The van der Waals surface area contributed by atoms with Gasteiger partial charge in [-0.05, 0) is 23.8 Å². The van der Waals surface area contributed by atoms with E-state index in [0.717, 1.165) is 16.5 Å². The van der Waals surface area contributed by atoms with E-state index in [1.54, 1.807) is 13.2 Å². The van der Waals surface area contributed by atoms with E-state index in [1.165, 1.54) is 0 Å². The first-order valence-corrected chi connectivity index (χ1v) is 11.1. The van der Waals surface area contributed by atoms with Crippen LogP contribution in [0.3, 0.4) is 0 Å². The smallest absolute Gasteiger partial charge is 0.227 e. The fourth-order valence-corrected chi connectivity index (χ4v) is 4.65. The summed E-state index contributed by atoms with van der Waals surface area (Å²) in [5, 5.41) is 31.9. The van der Waals surface area contributed by atoms with Crippen molar-refractivity contribution in [1.82, 2.24) is 4.57 Å². The molecule has 0 bridgehead atoms. The van der Waals surface area contributed by atoms with Gasteiger partial charge in [-0.25, -0.2) is 4.99 Å². The first-order chi connectivity index (χ1) is 15.9. The van der Waals surface area contributed by atoms with Crippen molar-refractivity contribution >= 4 is 40.0 Å². The zero-order valence-electron chi connectivity index (χ0n) is 17.6. The molecule has 0 spiro atoms. The Hall–Kier alpha value is -2.33. The Kier molecular flexibility index (Phi) is 5.98. The van der Waals surface area contributed by atoms with Crippen LogP contribution >= 0.6 is 23.2 Å². The molecule has 8 nitrogen and oxygen atoms in total. The fourth-order valence-electron chi connectivity index (χ4n) is 4.33. The van der Waals surface area contributed by atoms with Gasteiger partial charge in [0.2, 0.25) is 12.2 Å². The molecule has 3 aromatic rings. The van der Waals surface area contributed by atoms with Crippen molar-refractivity contribution in [3.8, 4) is 5.75 Å². The van der Waals surface area contributed by atoms with Gasteiger partial charge in [0, 0.05) is 18.1 Å². The number of para-hydroxylation sites is 1. The minimum atomic E-state index is -1.26. The molecule has 0 aliphatic carbocycles. The molecule has 1 aromatic heterocycles. The summed E-state index contributed by atoms with van der Waals surface area (Å²) < 4.78 is 19.2. The van der Waals surface area contributed by atoms with E-state index < -0.39 is 37.3 Å². The Morgan fingerprint density at radius 1 is 1.12 bits per heavy atom. The molecule has 3 heterocycles. The minimum Gasteiger partial charge on any atom is -0.495 e. The first-order valence-electron chi connectivity index (χ1n) is 10.4. The van der Waals surface area contributed by atoms with Gasteiger partial charge in [0.1, 0.15) is 30.1 Å². The molecule has 33 heavy (non-hydrogen) atoms. The first kappa shape index (κ1) is 22.5. The summed E-state index contributed by atoms with van der Waals surface area (Å²) in [7, 11) is 1.60. The molecule has 2 aliphatic heterocycles. The third-order valence-corrected chi connectivity index (χ3v) is 6.73. The second-order valence-electron chi connectivity index (χ2n) is 8.02. The maximum absolute atomic E-state index is 10.5. The number of benzene rings is 2. The standard InChI is InChI=1S/C23H22Cl2N2O6/c1-31-16-4-2-3-12-13(9-27(19(12)16)8-11-5-6-14(24)15(25)7-11)22-26-18-21(30)20(29)17(10-28)32-23(18)33-22/h2-7,9,17-18,20-21,23,28-30H,8,10H2,1H3/t17-,18-,20-,21?,23-/m1/s1. The van der Waals surface area contributed by atoms with Crippen LogP contribution in [0.2, 0.25) is 10.0 Å². The van der Waals surface area contributed by atoms with E-state index in [9.17, 15) is 15.3 Å². The van der Waals surface area contributed by atoms with Gasteiger partial charge in [-0.2, -0.15) is 0 Å². The highest BCUT2D eigenvalue weighted by molar-refractivity contribution is 6.42. The van der Waals surface area contributed by atoms with Crippen molar-refractivity contribution < 1.29 is 29.5 Å². The number of aliphatic imine (C=N–C) groups is 1. The van der Waals surface area contributed by atoms with Crippen LogP contribution in [0.15, 0.2) is 47.6 Å². The van der Waals surface area contributed by atoms with Crippen LogP contribution in [-0.4, -0.2) is 70.1 Å². The predicted octanol–water partition coefficient (Wildman–Crippen LogP) is 2.59. The Morgan fingerprint density at radius 2 is 1.94 bits per heavy atom. The molecule has 1 fully saturated rings. The summed E-state index contributed by atoms with van der Waals surface area (Å²) in [6.07, 6.45) is -2.46. The summed E-state index contributed by atoms with van der Waals surface area (Å²) in [5.74, 6) is 0.947. The number of hydrogen-bond donors (Lipinski definition) is 3. The number of rotatable bonds is 5. The number of ether oxygens (including phenoxy) is 3. The van der Waals surface area contributed by atoms with Gasteiger partial charge in [-0.3, -0.25) is 0 Å². The maximum Gasteiger partial charge on any atom is 0.227 e. The van der Waals surface area contributed by atoms with E-state index in [2.05, 4.69) is 4.99 Å². The molecule has 0 radical (unpaired) electrons. The molecule has 174 valence electrons. The van der Waals surface area contributed by atoms with Crippen LogP contribution in [0.1, 0.15) is 11.1 Å². The van der Waals surface area contributed by atoms with Crippen molar-refractivity contribution in [1.29, 1.82) is 0 Å². The Labute approximate surface area is 199 Å². The van der Waals surface area contributed by atoms with Gasteiger partial charge < -0.3 is 34.1 Å². The van der Waals surface area contributed by atoms with Crippen LogP contribution in [0.25, 0.3) is 10.9 Å². The summed E-state index contributed by atoms with van der Waals surface area (Å²) in [4.78, 5) is 4.52. The van der Waals surface area contributed by atoms with Gasteiger partial charge in [-0.15, -0.1) is 0 Å². The second kappa shape index (κ2) is 8.79. The lowest BCUT2D eigenvalue weighted by molar-refractivity contribution is -0.234. The third kappa shape index (κ3) is 3.86. The molecule has 0 amide bonds. The summed E-state index contributed by atoms with van der Waals surface area (Å²) in [5.41, 5.74) is 2.45. The van der Waals surface area contributed by atoms with Gasteiger partial charge in [-0.1, -0.05) is 41.4 Å². The van der Waals surface area contributed by atoms with Crippen LogP contribution in [-0.2, 0) is 16.0 Å². The van der Waals surface area contributed by atoms with E-state index >= 15 is 0 Å². The average Bonchev–Trinajstić information content (AvgIpc) is 3.40. The highest BCUT2D eigenvalue weighted by Gasteiger charge is 2.49. The lowest BCUT2D eigenvalue weighted by Gasteiger charge is -2.36. The number of methoxy groups -OCH3 is 1. The number of fused-ring (bicyclic) bond motifs is 2. The van der Waals surface area contributed by atoms with Crippen LogP contribution in [0.5, 0.6) is 5.75 Å². The normalized spacial score (nSPS) is 26.7. The number of hydrogen-bond acceptors (Lipinski definition) is 7. The average molecular weight is 493 g/mol. The van der Waals surface area contributed by atoms with Crippen molar-refractivity contribution in [2.45, 2.75) is 37.2 Å². The molecule has 1 saturated heterocycles. The quantitative estimate of drug-likeness (QED) is 0.505. The molecule has 2 aromatic carbocycles. The Bertz CT molecular complexity index is 1230. The van der Waals surface area contributed by atoms with Gasteiger partial charge in [0.15, 0.2) is 0 Å². The summed E-state index contributed by atoms with van der Waals surface area (Å²) >= 11 is 12.3. The number of aliphatic hydroxyl groups excluding tert-OH is 3. The number of halogens is 2. The van der Waals surface area contributed by atoms with Crippen molar-refractivity contribution in [2.75, 3.05) is 13.7 Å². The van der Waals surface area contributed by atoms with E-state index in [0.29, 0.717) is 27.9 Å². The molecule has 0 saturated carbocycles. The largest absolute Gasteiger partial charge is 0.495 e. The highest BCUT2D eigenvalue weighted by atomic mass is 35.5. The molecule has 5 atom stereocenters. The van der Waals surface area contributed by atoms with E-state index in [-0.39, 0.29) is 5.90 Å². The van der Waals surface area contributed by atoms with Crippen LogP contribution in [0, 0.1) is 0 Å². The number of aromatic nitrogens is 1. The molecule has 1 unspecified atom stereocenters. The lowest BCUT2D eigenvalue weighted by atomic mass is 9.98. The van der Waals surface area contributed by atoms with Gasteiger partial charge >= 0.3 is 0 Å². The topological polar surface area (TPSA) is 106 Å². The summed E-state index contributed by atoms with van der Waals surface area (Å²) in [6, 6.07) is 10.3. The zero-order valence-corrected chi connectivity index (χ0v) is 19.1. The van der Waals surface area contributed by atoms with E-state index in [1.807, 2.05) is 41.1 Å². The lowest BCUT2D eigenvalue weighted by Crippen LogP contribution is -2.56. The highest BCUT2D eigenvalue weighted by Crippen LogP contribution is 2.35. The zero-order chi connectivity index (χ0) is 23.3. The monoisotopic (exact) mass is 492 g/mol. The van der Waals surface area contributed by atoms with Gasteiger partial charge in [0.05, 0.1) is 34.8 Å². The molecule has 3 N–H and O–H groups in total. The summed E-state index contributed by atoms with van der Waals surface area (Å²) in [6.45, 7) is 0.0403. The molecular formula is C23H22Cl2N2O6. The van der Waals surface area contributed by atoms with E-state index in [4.69, 9.17) is 37.4 Å². The molecule has 10 heteroatoms. The van der Waals surface area contributed by atoms with Crippen LogP contribution < -0.4 is 4.74 Å². The minimum absolute atomic E-state index is 0.279. The molecule has 2 aliphatic rings. The SMILES string of the molecule is COc1cccc2c(C3=N[C@@H]4C(O)[C@H](O)[C@@H](CO)O[C@@H]4O3)cn(Cc3ccc(Cl)c(Cl)c3)c12. The Morgan fingerprint density at radius 3 is 2.67 bits per heavy atom. The van der Waals surface area contributed by atoms with Crippen LogP contribution in [0.4, 0.5) is 0 Å². The third-order valence-electron chi connectivity index (χ3n) is 5.99.